The van der Waals surface area contributed by atoms with E-state index in [1.165, 1.54) is 57.3 Å². The number of rotatable bonds is 10. The molecule has 1 aliphatic heterocycles. The van der Waals surface area contributed by atoms with Crippen molar-refractivity contribution in [3.05, 3.63) is 35.4 Å². The van der Waals surface area contributed by atoms with Gasteiger partial charge in [0.2, 0.25) is 5.91 Å². The highest BCUT2D eigenvalue weighted by Gasteiger charge is 2.17. The van der Waals surface area contributed by atoms with Crippen LogP contribution in [0.4, 0.5) is 0 Å². The van der Waals surface area contributed by atoms with Crippen LogP contribution in [0.5, 0.6) is 0 Å². The molecule has 1 aromatic carbocycles. The molecule has 2 N–H and O–H groups in total. The number of amides is 1. The van der Waals surface area contributed by atoms with E-state index in [1.807, 2.05) is 0 Å². The molecule has 0 aromatic heterocycles. The molecule has 148 valence electrons. The zero-order chi connectivity index (χ0) is 18.1. The summed E-state index contributed by atoms with van der Waals surface area (Å²) in [5.41, 5.74) is 8.09. The van der Waals surface area contributed by atoms with Crippen LogP contribution in [0, 0.1) is 5.92 Å². The second kappa shape index (κ2) is 12.3. The molecule has 2 rings (SSSR count). The Labute approximate surface area is 166 Å². The maximum Gasteiger partial charge on any atom is 0.224 e. The van der Waals surface area contributed by atoms with E-state index in [2.05, 4.69) is 43.0 Å². The Kier molecular flexibility index (Phi) is 10.9. The number of primary amides is 1. The molecule has 1 aliphatic rings. The predicted molar refractivity (Wildman–Crippen MR) is 113 cm³/mol. The average molecular weight is 381 g/mol. The molecule has 4 heteroatoms. The van der Waals surface area contributed by atoms with Gasteiger partial charge in [-0.1, -0.05) is 57.4 Å². The van der Waals surface area contributed by atoms with Gasteiger partial charge in [0.1, 0.15) is 0 Å². The summed E-state index contributed by atoms with van der Waals surface area (Å²) in [6, 6.07) is 8.50. The fraction of sp³-hybridized carbons (Fsp3) is 0.682. The Bertz CT molecular complexity index is 509. The monoisotopic (exact) mass is 380 g/mol. The zero-order valence-corrected chi connectivity index (χ0v) is 17.4. The first-order chi connectivity index (χ1) is 12.1. The van der Waals surface area contributed by atoms with E-state index in [-0.39, 0.29) is 24.2 Å². The van der Waals surface area contributed by atoms with Crippen LogP contribution in [-0.2, 0) is 11.2 Å². The molecular formula is C22H37ClN2O. The fourth-order valence-corrected chi connectivity index (χ4v) is 3.87. The van der Waals surface area contributed by atoms with Crippen LogP contribution >= 0.6 is 12.4 Å². The standard InChI is InChI=1S/C22H36N2O.ClH/c1-18(2)17-19-10-12-20(13-11-19)21(22(23)25)9-5-3-6-14-24-15-7-4-8-16-24;/h10-13,18,21H,3-9,14-17H2,1-2H3,(H2,23,25);1H/t21-;/m0./s1. The van der Waals surface area contributed by atoms with Gasteiger partial charge in [0.05, 0.1) is 5.92 Å². The minimum absolute atomic E-state index is 0. The lowest BCUT2D eigenvalue weighted by atomic mass is 9.91. The Morgan fingerprint density at radius 3 is 2.27 bits per heavy atom. The smallest absolute Gasteiger partial charge is 0.224 e. The van der Waals surface area contributed by atoms with Crippen LogP contribution in [0.2, 0.25) is 0 Å². The molecule has 0 radical (unpaired) electrons. The van der Waals surface area contributed by atoms with Crippen LogP contribution in [0.1, 0.15) is 75.8 Å². The third-order valence-electron chi connectivity index (χ3n) is 5.29. The Morgan fingerprint density at radius 1 is 1.04 bits per heavy atom. The summed E-state index contributed by atoms with van der Waals surface area (Å²) in [6.07, 6.45) is 9.57. The molecule has 0 saturated carbocycles. The van der Waals surface area contributed by atoms with Gasteiger partial charge in [0.25, 0.3) is 0 Å². The van der Waals surface area contributed by atoms with Crippen molar-refractivity contribution in [2.24, 2.45) is 11.7 Å². The molecule has 1 fully saturated rings. The number of halogens is 1. The van der Waals surface area contributed by atoms with Crippen molar-refractivity contribution in [1.82, 2.24) is 4.90 Å². The summed E-state index contributed by atoms with van der Waals surface area (Å²) in [7, 11) is 0. The molecule has 0 spiro atoms. The number of benzene rings is 1. The number of unbranched alkanes of at least 4 members (excludes halogenated alkanes) is 2. The van der Waals surface area contributed by atoms with E-state index in [9.17, 15) is 4.79 Å². The van der Waals surface area contributed by atoms with Crippen LogP contribution in [0.25, 0.3) is 0 Å². The van der Waals surface area contributed by atoms with Gasteiger partial charge in [-0.3, -0.25) is 4.79 Å². The first-order valence-corrected chi connectivity index (χ1v) is 10.2. The molecule has 1 atom stereocenters. The van der Waals surface area contributed by atoms with Crippen LogP contribution < -0.4 is 5.73 Å². The minimum atomic E-state index is -0.187. The summed E-state index contributed by atoms with van der Waals surface area (Å²) in [5, 5.41) is 0. The maximum absolute atomic E-state index is 11.9. The molecule has 1 amide bonds. The highest BCUT2D eigenvalue weighted by Crippen LogP contribution is 2.23. The van der Waals surface area contributed by atoms with E-state index in [1.54, 1.807) is 0 Å². The van der Waals surface area contributed by atoms with Gasteiger partial charge in [-0.25, -0.2) is 0 Å². The third-order valence-corrected chi connectivity index (χ3v) is 5.29. The summed E-state index contributed by atoms with van der Waals surface area (Å²) in [6.45, 7) is 8.21. The average Bonchev–Trinajstić information content (AvgIpc) is 2.59. The Morgan fingerprint density at radius 2 is 1.69 bits per heavy atom. The van der Waals surface area contributed by atoms with Gasteiger partial charge < -0.3 is 10.6 Å². The number of likely N-dealkylation sites (tertiary alicyclic amines) is 1. The summed E-state index contributed by atoms with van der Waals surface area (Å²) >= 11 is 0. The van der Waals surface area contributed by atoms with E-state index in [0.29, 0.717) is 5.92 Å². The summed E-state index contributed by atoms with van der Waals surface area (Å²) < 4.78 is 0. The van der Waals surface area contributed by atoms with Crippen LogP contribution in [0.3, 0.4) is 0 Å². The first kappa shape index (κ1) is 23.0. The third kappa shape index (κ3) is 8.09. The van der Waals surface area contributed by atoms with Crippen molar-refractivity contribution in [3.63, 3.8) is 0 Å². The molecular weight excluding hydrogens is 344 g/mol. The van der Waals surface area contributed by atoms with E-state index in [4.69, 9.17) is 5.73 Å². The summed E-state index contributed by atoms with van der Waals surface area (Å²) in [4.78, 5) is 14.5. The Hall–Kier alpha value is -1.06. The lowest BCUT2D eigenvalue weighted by Crippen LogP contribution is -2.30. The molecule has 26 heavy (non-hydrogen) atoms. The number of carbonyl (C=O) groups excluding carboxylic acids is 1. The number of piperidine rings is 1. The van der Waals surface area contributed by atoms with Gasteiger partial charge in [0.15, 0.2) is 0 Å². The number of nitrogens with zero attached hydrogens (tertiary/aromatic N) is 1. The number of nitrogens with two attached hydrogens (primary N) is 1. The molecule has 1 heterocycles. The molecule has 1 saturated heterocycles. The van der Waals surface area contributed by atoms with E-state index >= 15 is 0 Å². The molecule has 1 aromatic rings. The van der Waals surface area contributed by atoms with Crippen molar-refractivity contribution in [1.29, 1.82) is 0 Å². The normalized spacial score (nSPS) is 16.3. The molecule has 0 aliphatic carbocycles. The second-order valence-corrected chi connectivity index (χ2v) is 8.05. The molecule has 0 unspecified atom stereocenters. The largest absolute Gasteiger partial charge is 0.369 e. The number of hydrogen-bond donors (Lipinski definition) is 1. The lowest BCUT2D eigenvalue weighted by molar-refractivity contribution is -0.119. The van der Waals surface area contributed by atoms with Crippen molar-refractivity contribution < 1.29 is 4.79 Å². The van der Waals surface area contributed by atoms with Gasteiger partial charge in [-0.2, -0.15) is 0 Å². The van der Waals surface area contributed by atoms with Crippen LogP contribution in [-0.4, -0.2) is 30.4 Å². The topological polar surface area (TPSA) is 46.3 Å². The molecule has 3 nitrogen and oxygen atoms in total. The Balaban J connectivity index is 0.00000338. The van der Waals surface area contributed by atoms with Gasteiger partial charge in [0, 0.05) is 0 Å². The van der Waals surface area contributed by atoms with Crippen molar-refractivity contribution in [2.75, 3.05) is 19.6 Å². The van der Waals surface area contributed by atoms with E-state index in [0.717, 1.165) is 24.8 Å². The van der Waals surface area contributed by atoms with Crippen molar-refractivity contribution in [3.8, 4) is 0 Å². The highest BCUT2D eigenvalue weighted by atomic mass is 35.5. The zero-order valence-electron chi connectivity index (χ0n) is 16.6. The van der Waals surface area contributed by atoms with Gasteiger partial charge >= 0.3 is 0 Å². The molecule has 0 bridgehead atoms. The van der Waals surface area contributed by atoms with Gasteiger partial charge in [-0.05, 0) is 68.8 Å². The SMILES string of the molecule is CC(C)Cc1ccc([C@H](CCCCCN2CCCCC2)C(N)=O)cc1.Cl. The lowest BCUT2D eigenvalue weighted by Gasteiger charge is -2.26. The first-order valence-electron chi connectivity index (χ1n) is 10.2. The van der Waals surface area contributed by atoms with Crippen molar-refractivity contribution in [2.45, 2.75) is 71.1 Å². The fourth-order valence-electron chi connectivity index (χ4n) is 3.87. The second-order valence-electron chi connectivity index (χ2n) is 8.05. The quantitative estimate of drug-likeness (QED) is 0.585. The minimum Gasteiger partial charge on any atom is -0.369 e. The van der Waals surface area contributed by atoms with Crippen LogP contribution in [0.15, 0.2) is 24.3 Å². The predicted octanol–water partition coefficient (Wildman–Crippen LogP) is 4.92. The van der Waals surface area contributed by atoms with Crippen molar-refractivity contribution >= 4 is 18.3 Å². The van der Waals surface area contributed by atoms with Gasteiger partial charge in [-0.15, -0.1) is 12.4 Å². The maximum atomic E-state index is 11.9. The summed E-state index contributed by atoms with van der Waals surface area (Å²) in [5.74, 6) is 0.327. The number of carbonyl (C=O) groups is 1. The highest BCUT2D eigenvalue weighted by molar-refractivity contribution is 5.85. The number of hydrogen-bond acceptors (Lipinski definition) is 2. The van der Waals surface area contributed by atoms with E-state index < -0.39 is 0 Å².